The summed E-state index contributed by atoms with van der Waals surface area (Å²) >= 11 is 8.27. The van der Waals surface area contributed by atoms with Crippen LogP contribution >= 0.6 is 34.7 Å². The van der Waals surface area contributed by atoms with Gasteiger partial charge in [-0.3, -0.25) is 33.9 Å². The minimum Gasteiger partial charge on any atom is -0.341 e. The summed E-state index contributed by atoms with van der Waals surface area (Å²) in [6.07, 6.45) is 2.92. The standard InChI is InChI=1S/C27H23ClN4O6S2/c28-16-6-4-15(5-7-16)20-21-22(25(35)31(24(21)34)17-8-10-18(11-9-17)32(37)38)39-26-23(20)40-27(36)30(26)14-19(33)29-12-2-1-3-13-29/h4-11,20-22H,1-3,12-14H2/t20-,21?,22?/m1/s1. The van der Waals surface area contributed by atoms with E-state index in [1.165, 1.54) is 28.8 Å². The van der Waals surface area contributed by atoms with Crippen LogP contribution in [0.4, 0.5) is 11.4 Å². The van der Waals surface area contributed by atoms with Crippen molar-refractivity contribution in [3.8, 4) is 0 Å². The van der Waals surface area contributed by atoms with Crippen LogP contribution in [0.15, 0.2) is 58.4 Å². The monoisotopic (exact) mass is 598 g/mol. The Balaban J connectivity index is 1.41. The molecule has 0 aliphatic carbocycles. The first kappa shape index (κ1) is 26.7. The van der Waals surface area contributed by atoms with Gasteiger partial charge < -0.3 is 4.90 Å². The number of piperidine rings is 1. The number of amides is 3. The number of thiazole rings is 1. The molecule has 2 saturated heterocycles. The molecule has 40 heavy (non-hydrogen) atoms. The van der Waals surface area contributed by atoms with Gasteiger partial charge in [0.15, 0.2) is 0 Å². The third-order valence-corrected chi connectivity index (χ3v) is 10.5. The van der Waals surface area contributed by atoms with Gasteiger partial charge in [-0.2, -0.15) is 0 Å². The molecular weight excluding hydrogens is 576 g/mol. The van der Waals surface area contributed by atoms with Gasteiger partial charge in [0.05, 0.1) is 21.6 Å². The maximum Gasteiger partial charge on any atom is 0.308 e. The topological polar surface area (TPSA) is 123 Å². The molecule has 3 aliphatic heterocycles. The lowest BCUT2D eigenvalue weighted by Gasteiger charge is -2.31. The molecule has 3 atom stereocenters. The van der Waals surface area contributed by atoms with Crippen LogP contribution in [0.5, 0.6) is 0 Å². The Morgan fingerprint density at radius 3 is 2.30 bits per heavy atom. The molecule has 0 N–H and O–H groups in total. The molecule has 1 aromatic heterocycles. The fourth-order valence-electron chi connectivity index (χ4n) is 5.64. The van der Waals surface area contributed by atoms with Crippen LogP contribution in [-0.2, 0) is 20.9 Å². The molecule has 3 aliphatic rings. The van der Waals surface area contributed by atoms with E-state index < -0.39 is 33.8 Å². The number of carbonyl (C=O) groups is 3. The highest BCUT2D eigenvalue weighted by Crippen LogP contribution is 2.54. The summed E-state index contributed by atoms with van der Waals surface area (Å²) in [7, 11) is 0. The van der Waals surface area contributed by atoms with Gasteiger partial charge in [-0.1, -0.05) is 46.8 Å². The minimum atomic E-state index is -0.846. The van der Waals surface area contributed by atoms with Gasteiger partial charge >= 0.3 is 4.87 Å². The van der Waals surface area contributed by atoms with Crippen molar-refractivity contribution in [1.29, 1.82) is 0 Å². The molecule has 0 saturated carbocycles. The summed E-state index contributed by atoms with van der Waals surface area (Å²) in [4.78, 5) is 67.8. The van der Waals surface area contributed by atoms with Gasteiger partial charge in [-0.15, -0.1) is 0 Å². The van der Waals surface area contributed by atoms with Crippen molar-refractivity contribution in [2.45, 2.75) is 42.0 Å². The number of nitro groups is 1. The summed E-state index contributed by atoms with van der Waals surface area (Å²) in [5.41, 5.74) is 0.813. The van der Waals surface area contributed by atoms with Crippen molar-refractivity contribution in [2.24, 2.45) is 5.92 Å². The largest absolute Gasteiger partial charge is 0.341 e. The number of nitro benzene ring substituents is 1. The van der Waals surface area contributed by atoms with Crippen LogP contribution < -0.4 is 9.77 Å². The molecular formula is C27H23ClN4O6S2. The van der Waals surface area contributed by atoms with Gasteiger partial charge in [0.2, 0.25) is 17.7 Å². The molecule has 4 heterocycles. The highest BCUT2D eigenvalue weighted by atomic mass is 35.5. The number of anilines is 1. The number of hydrogen-bond donors (Lipinski definition) is 0. The van der Waals surface area contributed by atoms with Crippen LogP contribution in [0.1, 0.15) is 35.6 Å². The summed E-state index contributed by atoms with van der Waals surface area (Å²) in [6, 6.07) is 12.2. The Morgan fingerprint density at radius 1 is 0.975 bits per heavy atom. The van der Waals surface area contributed by atoms with E-state index in [0.29, 0.717) is 28.0 Å². The molecule has 6 rings (SSSR count). The lowest BCUT2D eigenvalue weighted by Crippen LogP contribution is -2.39. The summed E-state index contributed by atoms with van der Waals surface area (Å²) in [5, 5.41) is 11.3. The molecule has 3 aromatic rings. The Kier molecular flexibility index (Phi) is 7.01. The molecule has 3 amide bonds. The van der Waals surface area contributed by atoms with Gasteiger partial charge in [0.25, 0.3) is 5.69 Å². The quantitative estimate of drug-likeness (QED) is 0.244. The van der Waals surface area contributed by atoms with E-state index >= 15 is 0 Å². The first-order valence-electron chi connectivity index (χ1n) is 12.8. The zero-order valence-electron chi connectivity index (χ0n) is 21.0. The second-order valence-electron chi connectivity index (χ2n) is 9.94. The third kappa shape index (κ3) is 4.53. The number of rotatable bonds is 5. The Labute approximate surface area is 241 Å². The van der Waals surface area contributed by atoms with E-state index in [2.05, 4.69) is 0 Å². The summed E-state index contributed by atoms with van der Waals surface area (Å²) in [6.45, 7) is 1.18. The van der Waals surface area contributed by atoms with Crippen LogP contribution in [0, 0.1) is 16.0 Å². The van der Waals surface area contributed by atoms with E-state index in [-0.39, 0.29) is 28.7 Å². The molecule has 10 nitrogen and oxygen atoms in total. The van der Waals surface area contributed by atoms with Crippen molar-refractivity contribution in [3.63, 3.8) is 0 Å². The normalized spacial score (nSPS) is 22.3. The molecule has 0 radical (unpaired) electrons. The zero-order valence-corrected chi connectivity index (χ0v) is 23.4. The molecule has 2 fully saturated rings. The first-order chi connectivity index (χ1) is 19.2. The van der Waals surface area contributed by atoms with Gasteiger partial charge in [-0.25, -0.2) is 4.90 Å². The minimum absolute atomic E-state index is 0.128. The molecule has 2 aromatic carbocycles. The van der Waals surface area contributed by atoms with E-state index in [4.69, 9.17) is 11.6 Å². The summed E-state index contributed by atoms with van der Waals surface area (Å²) in [5.74, 6) is -2.48. The molecule has 0 spiro atoms. The number of carbonyl (C=O) groups excluding carboxylic acids is 3. The number of benzene rings is 2. The Bertz CT molecular complexity index is 1580. The van der Waals surface area contributed by atoms with Crippen LogP contribution in [0.25, 0.3) is 0 Å². The lowest BCUT2D eigenvalue weighted by atomic mass is 9.83. The van der Waals surface area contributed by atoms with Gasteiger partial charge in [0, 0.05) is 41.0 Å². The number of likely N-dealkylation sites (tertiary alicyclic amines) is 1. The van der Waals surface area contributed by atoms with Crippen molar-refractivity contribution in [2.75, 3.05) is 18.0 Å². The predicted octanol–water partition coefficient (Wildman–Crippen LogP) is 4.28. The predicted molar refractivity (Wildman–Crippen MR) is 151 cm³/mol. The van der Waals surface area contributed by atoms with Crippen molar-refractivity contribution >= 4 is 63.8 Å². The number of nitrogens with zero attached hydrogens (tertiary/aromatic N) is 4. The highest BCUT2D eigenvalue weighted by molar-refractivity contribution is 8.00. The van der Waals surface area contributed by atoms with E-state index in [9.17, 15) is 29.3 Å². The fraction of sp³-hybridized carbons (Fsp3) is 0.333. The van der Waals surface area contributed by atoms with E-state index in [0.717, 1.165) is 52.8 Å². The molecule has 13 heteroatoms. The number of fused-ring (bicyclic) bond motifs is 2. The Morgan fingerprint density at radius 2 is 1.65 bits per heavy atom. The molecule has 206 valence electrons. The number of non-ortho nitro benzene ring substituents is 1. The first-order valence-corrected chi connectivity index (χ1v) is 14.9. The van der Waals surface area contributed by atoms with Gasteiger partial charge in [0.1, 0.15) is 11.8 Å². The van der Waals surface area contributed by atoms with E-state index in [1.54, 1.807) is 29.2 Å². The fourth-order valence-corrected chi connectivity index (χ4v) is 8.54. The second kappa shape index (κ2) is 10.5. The molecule has 0 bridgehead atoms. The SMILES string of the molecule is O=C(Cn1c2c(sc1=O)[C@H](c1ccc(Cl)cc1)C1C(=O)N(c3ccc([N+](=O)[O-])cc3)C(=O)C1S2)N1CCCCC1. The van der Waals surface area contributed by atoms with E-state index in [1.807, 2.05) is 0 Å². The number of imide groups is 1. The maximum absolute atomic E-state index is 13.9. The Hall–Kier alpha value is -3.48. The number of halogens is 1. The van der Waals surface area contributed by atoms with Crippen LogP contribution in [-0.4, -0.2) is 50.5 Å². The second-order valence-corrected chi connectivity index (χ2v) is 12.5. The van der Waals surface area contributed by atoms with Crippen molar-refractivity contribution < 1.29 is 19.3 Å². The number of hydrogen-bond acceptors (Lipinski definition) is 8. The van der Waals surface area contributed by atoms with Crippen molar-refractivity contribution in [3.05, 3.63) is 83.8 Å². The average Bonchev–Trinajstić information content (AvgIpc) is 3.40. The smallest absolute Gasteiger partial charge is 0.308 e. The van der Waals surface area contributed by atoms with Crippen LogP contribution in [0.3, 0.4) is 0 Å². The zero-order chi connectivity index (χ0) is 28.1. The van der Waals surface area contributed by atoms with Crippen molar-refractivity contribution in [1.82, 2.24) is 9.47 Å². The maximum atomic E-state index is 13.9. The third-order valence-electron chi connectivity index (χ3n) is 7.60. The number of aromatic nitrogens is 1. The summed E-state index contributed by atoms with van der Waals surface area (Å²) < 4.78 is 1.44. The lowest BCUT2D eigenvalue weighted by molar-refractivity contribution is -0.384. The average molecular weight is 599 g/mol. The molecule has 2 unspecified atom stereocenters. The van der Waals surface area contributed by atoms with Crippen LogP contribution in [0.2, 0.25) is 5.02 Å². The number of thioether (sulfide) groups is 1. The highest BCUT2D eigenvalue weighted by Gasteiger charge is 2.56. The van der Waals surface area contributed by atoms with Gasteiger partial charge in [-0.05, 0) is 49.1 Å².